The number of aryl methyl sites for hydroxylation is 1. The number of fused-ring (bicyclic) bond motifs is 1. The molecule has 0 fully saturated rings. The highest BCUT2D eigenvalue weighted by Crippen LogP contribution is 2.34. The molecule has 0 spiro atoms. The number of hydrogen-bond donors (Lipinski definition) is 2. The van der Waals surface area contributed by atoms with Crippen LogP contribution in [0.1, 0.15) is 23.5 Å². The molecule has 5 nitrogen and oxygen atoms in total. The Morgan fingerprint density at radius 1 is 1.21 bits per heavy atom. The number of anilines is 1. The Balaban J connectivity index is 1.69. The van der Waals surface area contributed by atoms with Gasteiger partial charge in [0.05, 0.1) is 10.8 Å². The first-order valence-electron chi connectivity index (χ1n) is 7.54. The Kier molecular flexibility index (Phi) is 4.38. The summed E-state index contributed by atoms with van der Waals surface area (Å²) in [6, 6.07) is 10.9. The lowest BCUT2D eigenvalue weighted by atomic mass is 9.97. The molecule has 1 unspecified atom stereocenters. The number of benzene rings is 2. The third-order valence-electron chi connectivity index (χ3n) is 4.06. The molecule has 1 aliphatic rings. The number of sulfonamides is 1. The van der Waals surface area contributed by atoms with Gasteiger partial charge in [0.25, 0.3) is 0 Å². The van der Waals surface area contributed by atoms with Gasteiger partial charge in [-0.1, -0.05) is 18.2 Å². The lowest BCUT2D eigenvalue weighted by Crippen LogP contribution is -2.27. The zero-order valence-electron chi connectivity index (χ0n) is 13.0. The molecule has 126 valence electrons. The minimum atomic E-state index is -3.74. The summed E-state index contributed by atoms with van der Waals surface area (Å²) in [6.45, 7) is 1.66. The average molecular weight is 348 g/mol. The van der Waals surface area contributed by atoms with Gasteiger partial charge in [-0.15, -0.1) is 0 Å². The lowest BCUT2D eigenvalue weighted by molar-refractivity contribution is -0.117. The predicted octanol–water partition coefficient (Wildman–Crippen LogP) is 2.54. The Hall–Kier alpha value is -2.25. The molecule has 1 heterocycles. The highest BCUT2D eigenvalue weighted by atomic mass is 32.2. The van der Waals surface area contributed by atoms with Gasteiger partial charge in [-0.3, -0.25) is 4.79 Å². The Morgan fingerprint density at radius 3 is 2.71 bits per heavy atom. The van der Waals surface area contributed by atoms with Crippen LogP contribution in [0.3, 0.4) is 0 Å². The fourth-order valence-electron chi connectivity index (χ4n) is 2.89. The summed E-state index contributed by atoms with van der Waals surface area (Å²) in [7, 11) is -3.74. The summed E-state index contributed by atoms with van der Waals surface area (Å²) in [5, 5.41) is 2.78. The molecule has 2 aromatic rings. The molecule has 0 radical (unpaired) electrons. The predicted molar refractivity (Wildman–Crippen MR) is 88.8 cm³/mol. The number of nitrogens with one attached hydrogen (secondary N) is 2. The van der Waals surface area contributed by atoms with Gasteiger partial charge in [0.1, 0.15) is 5.82 Å². The number of hydrogen-bond acceptors (Lipinski definition) is 3. The van der Waals surface area contributed by atoms with E-state index in [4.69, 9.17) is 0 Å². The van der Waals surface area contributed by atoms with Crippen LogP contribution >= 0.6 is 0 Å². The number of carbonyl (C=O) groups excluding carboxylic acids is 1. The molecule has 2 aromatic carbocycles. The third kappa shape index (κ3) is 3.18. The Labute approximate surface area is 139 Å². The minimum Gasteiger partial charge on any atom is -0.325 e. The first-order valence-corrected chi connectivity index (χ1v) is 9.02. The minimum absolute atomic E-state index is 0.0418. The van der Waals surface area contributed by atoms with Gasteiger partial charge < -0.3 is 5.32 Å². The van der Waals surface area contributed by atoms with E-state index >= 15 is 0 Å². The molecule has 1 atom stereocenters. The van der Waals surface area contributed by atoms with E-state index in [0.717, 1.165) is 17.3 Å². The van der Waals surface area contributed by atoms with Gasteiger partial charge in [0, 0.05) is 12.2 Å². The van der Waals surface area contributed by atoms with Gasteiger partial charge in [-0.25, -0.2) is 17.5 Å². The SMILES string of the molecule is Cc1cc(F)ccc1S(=O)(=O)NCCC1C(=O)Nc2ccccc21. The molecule has 2 N–H and O–H groups in total. The van der Waals surface area contributed by atoms with Gasteiger partial charge in [0.15, 0.2) is 0 Å². The fraction of sp³-hybridized carbons (Fsp3) is 0.235. The lowest BCUT2D eigenvalue weighted by Gasteiger charge is -2.12. The van der Waals surface area contributed by atoms with Crippen molar-refractivity contribution >= 4 is 21.6 Å². The second-order valence-electron chi connectivity index (χ2n) is 5.73. The van der Waals surface area contributed by atoms with Gasteiger partial charge in [0.2, 0.25) is 15.9 Å². The molecule has 24 heavy (non-hydrogen) atoms. The largest absolute Gasteiger partial charge is 0.325 e. The summed E-state index contributed by atoms with van der Waals surface area (Å²) in [4.78, 5) is 12.1. The van der Waals surface area contributed by atoms with Crippen LogP contribution in [0.5, 0.6) is 0 Å². The highest BCUT2D eigenvalue weighted by Gasteiger charge is 2.30. The number of para-hydroxylation sites is 1. The van der Waals surface area contributed by atoms with Crippen molar-refractivity contribution < 1.29 is 17.6 Å². The van der Waals surface area contributed by atoms with E-state index in [2.05, 4.69) is 10.0 Å². The summed E-state index contributed by atoms with van der Waals surface area (Å²) in [5.74, 6) is -0.989. The zero-order valence-corrected chi connectivity index (χ0v) is 13.9. The van der Waals surface area contributed by atoms with Crippen molar-refractivity contribution in [1.82, 2.24) is 4.72 Å². The second-order valence-corrected chi connectivity index (χ2v) is 7.46. The average Bonchev–Trinajstić information content (AvgIpc) is 2.83. The monoisotopic (exact) mass is 348 g/mol. The standard InChI is InChI=1S/C17H17FN2O3S/c1-11-10-12(18)6-7-16(11)24(22,23)19-9-8-14-13-4-2-3-5-15(13)20-17(14)21/h2-7,10,14,19H,8-9H2,1H3,(H,20,21). The van der Waals surface area contributed by atoms with E-state index in [1.165, 1.54) is 19.1 Å². The molecule has 0 saturated carbocycles. The van der Waals surface area contributed by atoms with E-state index in [1.807, 2.05) is 24.3 Å². The van der Waals surface area contributed by atoms with Crippen LogP contribution in [-0.2, 0) is 14.8 Å². The summed E-state index contributed by atoms with van der Waals surface area (Å²) < 4.78 is 40.3. The van der Waals surface area contributed by atoms with Crippen molar-refractivity contribution in [3.8, 4) is 0 Å². The number of amides is 1. The van der Waals surface area contributed by atoms with Crippen molar-refractivity contribution in [2.75, 3.05) is 11.9 Å². The normalized spacial score (nSPS) is 16.8. The maximum Gasteiger partial charge on any atom is 0.240 e. The molecule has 3 rings (SSSR count). The summed E-state index contributed by atoms with van der Waals surface area (Å²) >= 11 is 0. The number of carbonyl (C=O) groups is 1. The molecule has 0 bridgehead atoms. The zero-order chi connectivity index (χ0) is 17.3. The maximum absolute atomic E-state index is 13.1. The quantitative estimate of drug-likeness (QED) is 0.872. The van der Waals surface area contributed by atoms with Crippen LogP contribution in [0.25, 0.3) is 0 Å². The first-order chi connectivity index (χ1) is 11.4. The smallest absolute Gasteiger partial charge is 0.240 e. The van der Waals surface area contributed by atoms with E-state index < -0.39 is 15.8 Å². The Bertz CT molecular complexity index is 896. The Morgan fingerprint density at radius 2 is 1.96 bits per heavy atom. The van der Waals surface area contributed by atoms with E-state index in [9.17, 15) is 17.6 Å². The number of halogens is 1. The highest BCUT2D eigenvalue weighted by molar-refractivity contribution is 7.89. The third-order valence-corrected chi connectivity index (χ3v) is 5.68. The van der Waals surface area contributed by atoms with Gasteiger partial charge in [-0.2, -0.15) is 0 Å². The van der Waals surface area contributed by atoms with Crippen LogP contribution < -0.4 is 10.0 Å². The first kappa shape index (κ1) is 16.6. The fourth-order valence-corrected chi connectivity index (χ4v) is 4.16. The molecule has 0 aromatic heterocycles. The van der Waals surface area contributed by atoms with Gasteiger partial charge >= 0.3 is 0 Å². The van der Waals surface area contributed by atoms with Gasteiger partial charge in [-0.05, 0) is 48.7 Å². The van der Waals surface area contributed by atoms with Crippen LogP contribution in [0.15, 0.2) is 47.4 Å². The second kappa shape index (κ2) is 6.33. The van der Waals surface area contributed by atoms with Crippen molar-refractivity contribution in [2.24, 2.45) is 0 Å². The van der Waals surface area contributed by atoms with E-state index in [-0.39, 0.29) is 23.3 Å². The maximum atomic E-state index is 13.1. The number of rotatable bonds is 5. The molecule has 0 saturated heterocycles. The summed E-state index contributed by atoms with van der Waals surface area (Å²) in [6.07, 6.45) is 0.350. The molecule has 1 amide bonds. The molecular formula is C17H17FN2O3S. The summed E-state index contributed by atoms with van der Waals surface area (Å²) in [5.41, 5.74) is 1.98. The van der Waals surface area contributed by atoms with E-state index in [1.54, 1.807) is 0 Å². The molecule has 1 aliphatic heterocycles. The van der Waals surface area contributed by atoms with Crippen molar-refractivity contribution in [1.29, 1.82) is 0 Å². The van der Waals surface area contributed by atoms with Crippen molar-refractivity contribution in [3.05, 3.63) is 59.4 Å². The van der Waals surface area contributed by atoms with Crippen molar-refractivity contribution in [2.45, 2.75) is 24.2 Å². The van der Waals surface area contributed by atoms with Crippen molar-refractivity contribution in [3.63, 3.8) is 0 Å². The van der Waals surface area contributed by atoms with Crippen LogP contribution in [0.2, 0.25) is 0 Å². The van der Waals surface area contributed by atoms with E-state index in [0.29, 0.717) is 12.0 Å². The van der Waals surface area contributed by atoms with Crippen LogP contribution in [-0.4, -0.2) is 20.9 Å². The molecule has 0 aliphatic carbocycles. The van der Waals surface area contributed by atoms with Crippen LogP contribution in [0, 0.1) is 12.7 Å². The topological polar surface area (TPSA) is 75.3 Å². The molecular weight excluding hydrogens is 331 g/mol. The van der Waals surface area contributed by atoms with Crippen LogP contribution in [0.4, 0.5) is 10.1 Å². The molecule has 7 heteroatoms.